The first kappa shape index (κ1) is 23.4. The van der Waals surface area contributed by atoms with E-state index < -0.39 is 0 Å². The lowest BCUT2D eigenvalue weighted by atomic mass is 9.34. The molecule has 0 heterocycles. The van der Waals surface area contributed by atoms with Gasteiger partial charge in [-0.3, -0.25) is 0 Å². The van der Waals surface area contributed by atoms with Crippen molar-refractivity contribution in [2.75, 3.05) is 6.61 Å². The molecule has 4 fully saturated rings. The zero-order chi connectivity index (χ0) is 23.4. The minimum Gasteiger partial charge on any atom is -0.396 e. The molecule has 4 saturated carbocycles. The van der Waals surface area contributed by atoms with Gasteiger partial charge in [0.1, 0.15) is 0 Å². The fourth-order valence-corrected chi connectivity index (χ4v) is 10.9. The van der Waals surface area contributed by atoms with Crippen molar-refractivity contribution in [1.82, 2.24) is 0 Å². The van der Waals surface area contributed by atoms with Crippen molar-refractivity contribution in [2.24, 2.45) is 50.2 Å². The van der Waals surface area contributed by atoms with Crippen molar-refractivity contribution in [3.05, 3.63) is 11.6 Å². The minimum absolute atomic E-state index is 0.0233. The topological polar surface area (TPSA) is 40.5 Å². The molecule has 0 bridgehead atoms. The van der Waals surface area contributed by atoms with E-state index in [1.807, 2.05) is 0 Å². The van der Waals surface area contributed by atoms with Crippen molar-refractivity contribution in [3.8, 4) is 0 Å². The second-order valence-corrected chi connectivity index (χ2v) is 15.2. The van der Waals surface area contributed by atoms with Gasteiger partial charge in [0.05, 0.1) is 6.10 Å². The first-order valence-electron chi connectivity index (χ1n) is 13.8. The average molecular weight is 443 g/mol. The van der Waals surface area contributed by atoms with E-state index in [2.05, 4.69) is 54.5 Å². The molecule has 0 saturated heterocycles. The fraction of sp³-hybridized carbons (Fsp3) is 0.933. The Labute approximate surface area is 197 Å². The molecule has 0 aromatic heterocycles. The molecule has 5 rings (SSSR count). The Bertz CT molecular complexity index is 810. The summed E-state index contributed by atoms with van der Waals surface area (Å²) in [6.07, 6.45) is 14.6. The van der Waals surface area contributed by atoms with Gasteiger partial charge in [0.15, 0.2) is 0 Å². The summed E-state index contributed by atoms with van der Waals surface area (Å²) in [6.45, 7) is 17.8. The number of aliphatic hydroxyl groups excluding tert-OH is 2. The van der Waals surface area contributed by atoms with Crippen LogP contribution < -0.4 is 0 Å². The molecule has 0 spiro atoms. The summed E-state index contributed by atoms with van der Waals surface area (Å²) < 4.78 is 0. The number of hydrogen-bond donors (Lipinski definition) is 2. The predicted molar refractivity (Wildman–Crippen MR) is 132 cm³/mol. The average Bonchev–Trinajstić information content (AvgIpc) is 2.71. The number of rotatable bonds is 1. The molecule has 2 nitrogen and oxygen atoms in total. The standard InChI is InChI=1S/C30H50O2/c1-25(2)16-17-30(19-31)15-10-22-28(6)12-8-20-26(3,4)24(32)11-14-27(20,5)21(28)9-13-29(22,7)23(30)18-25/h10,20-21,23-24,31-32H,8-9,11-19H2,1-7H3/t20-,21+,23-,24-,27-,28+,29+,30-/m0/s1. The Hall–Kier alpha value is -0.340. The lowest BCUT2D eigenvalue weighted by Crippen LogP contribution is -2.63. The summed E-state index contributed by atoms with van der Waals surface area (Å²) in [6, 6.07) is 0. The molecule has 182 valence electrons. The van der Waals surface area contributed by atoms with E-state index in [4.69, 9.17) is 0 Å². The van der Waals surface area contributed by atoms with Gasteiger partial charge < -0.3 is 10.2 Å². The Morgan fingerprint density at radius 1 is 0.781 bits per heavy atom. The highest BCUT2D eigenvalue weighted by molar-refractivity contribution is 5.35. The highest BCUT2D eigenvalue weighted by Crippen LogP contribution is 2.74. The zero-order valence-corrected chi connectivity index (χ0v) is 22.1. The molecule has 0 aromatic rings. The van der Waals surface area contributed by atoms with E-state index in [0.717, 1.165) is 18.8 Å². The van der Waals surface area contributed by atoms with E-state index >= 15 is 0 Å². The van der Waals surface area contributed by atoms with Crippen LogP contribution in [0, 0.1) is 50.2 Å². The molecule has 2 N–H and O–H groups in total. The third kappa shape index (κ3) is 2.84. The second-order valence-electron chi connectivity index (χ2n) is 15.2. The maximum absolute atomic E-state index is 10.9. The van der Waals surface area contributed by atoms with Gasteiger partial charge in [-0.15, -0.1) is 0 Å². The van der Waals surface area contributed by atoms with Gasteiger partial charge in [0, 0.05) is 12.0 Å². The predicted octanol–water partition coefficient (Wildman–Crippen LogP) is 7.14. The van der Waals surface area contributed by atoms with Crippen molar-refractivity contribution < 1.29 is 10.2 Å². The van der Waals surface area contributed by atoms with Gasteiger partial charge in [-0.05, 0) is 109 Å². The van der Waals surface area contributed by atoms with Crippen molar-refractivity contribution in [3.63, 3.8) is 0 Å². The Morgan fingerprint density at radius 2 is 1.41 bits per heavy atom. The summed E-state index contributed by atoms with van der Waals surface area (Å²) >= 11 is 0. The molecule has 5 aliphatic carbocycles. The first-order chi connectivity index (χ1) is 14.8. The summed E-state index contributed by atoms with van der Waals surface area (Å²) in [5, 5.41) is 21.6. The molecule has 0 aromatic carbocycles. The van der Waals surface area contributed by atoms with Crippen LogP contribution in [0.1, 0.15) is 113 Å². The van der Waals surface area contributed by atoms with Crippen LogP contribution in [-0.4, -0.2) is 22.9 Å². The quantitative estimate of drug-likeness (QED) is 0.424. The third-order valence-corrected chi connectivity index (χ3v) is 12.8. The highest BCUT2D eigenvalue weighted by atomic mass is 16.3. The molecular formula is C30H50O2. The van der Waals surface area contributed by atoms with Crippen molar-refractivity contribution in [2.45, 2.75) is 119 Å². The van der Waals surface area contributed by atoms with Crippen molar-refractivity contribution in [1.29, 1.82) is 0 Å². The van der Waals surface area contributed by atoms with Crippen LogP contribution in [0.25, 0.3) is 0 Å². The molecule has 32 heavy (non-hydrogen) atoms. The van der Waals surface area contributed by atoms with E-state index in [1.165, 1.54) is 51.4 Å². The van der Waals surface area contributed by atoms with Crippen LogP contribution in [0.4, 0.5) is 0 Å². The van der Waals surface area contributed by atoms with E-state index in [9.17, 15) is 10.2 Å². The number of aliphatic hydroxyl groups is 2. The van der Waals surface area contributed by atoms with Gasteiger partial charge in [0.2, 0.25) is 0 Å². The van der Waals surface area contributed by atoms with Crippen LogP contribution >= 0.6 is 0 Å². The Morgan fingerprint density at radius 3 is 2.06 bits per heavy atom. The fourth-order valence-electron chi connectivity index (χ4n) is 10.9. The molecule has 2 heteroatoms. The highest BCUT2D eigenvalue weighted by Gasteiger charge is 2.67. The molecule has 0 radical (unpaired) electrons. The maximum Gasteiger partial charge on any atom is 0.0594 e. The normalized spacial score (nSPS) is 53.8. The molecule has 0 unspecified atom stereocenters. The summed E-state index contributed by atoms with van der Waals surface area (Å²) in [7, 11) is 0. The smallest absolute Gasteiger partial charge is 0.0594 e. The molecule has 5 aliphatic rings. The van der Waals surface area contributed by atoms with E-state index in [0.29, 0.717) is 29.3 Å². The Balaban J connectivity index is 1.57. The third-order valence-electron chi connectivity index (χ3n) is 12.8. The second kappa shape index (κ2) is 6.87. The van der Waals surface area contributed by atoms with Crippen LogP contribution in [0.2, 0.25) is 0 Å². The molecule has 8 atom stereocenters. The maximum atomic E-state index is 10.9. The zero-order valence-electron chi connectivity index (χ0n) is 22.1. The Kier molecular flexibility index (Phi) is 5.02. The van der Waals surface area contributed by atoms with Gasteiger partial charge in [0.25, 0.3) is 0 Å². The molecule has 0 amide bonds. The van der Waals surface area contributed by atoms with Gasteiger partial charge in [-0.2, -0.15) is 0 Å². The number of allylic oxidation sites excluding steroid dienone is 2. The summed E-state index contributed by atoms with van der Waals surface area (Å²) in [4.78, 5) is 0. The number of hydrogen-bond acceptors (Lipinski definition) is 2. The minimum atomic E-state index is -0.151. The van der Waals surface area contributed by atoms with E-state index in [1.54, 1.807) is 5.57 Å². The van der Waals surface area contributed by atoms with Crippen LogP contribution in [0.5, 0.6) is 0 Å². The lowest BCUT2D eigenvalue weighted by Gasteiger charge is -2.70. The van der Waals surface area contributed by atoms with Crippen LogP contribution in [-0.2, 0) is 0 Å². The molecule has 0 aliphatic heterocycles. The summed E-state index contributed by atoms with van der Waals surface area (Å²) in [5.74, 6) is 1.95. The lowest BCUT2D eigenvalue weighted by molar-refractivity contribution is -0.186. The SMILES string of the molecule is CC1(C)CC[C@]2(CO)CC=C3[C@]4(C)CC[C@H]5C(C)(C)[C@@H](O)CC[C@]5(C)[C@H]4CC[C@@]3(C)[C@@H]2C1. The monoisotopic (exact) mass is 442 g/mol. The van der Waals surface area contributed by atoms with E-state index in [-0.39, 0.29) is 27.8 Å². The first-order valence-corrected chi connectivity index (χ1v) is 13.8. The van der Waals surface area contributed by atoms with Crippen LogP contribution in [0.15, 0.2) is 11.6 Å². The van der Waals surface area contributed by atoms with Crippen molar-refractivity contribution >= 4 is 0 Å². The summed E-state index contributed by atoms with van der Waals surface area (Å²) in [5.41, 5.74) is 3.13. The van der Waals surface area contributed by atoms with Crippen LogP contribution in [0.3, 0.4) is 0 Å². The van der Waals surface area contributed by atoms with Gasteiger partial charge in [-0.1, -0.05) is 60.1 Å². The largest absolute Gasteiger partial charge is 0.396 e. The van der Waals surface area contributed by atoms with Gasteiger partial charge in [-0.25, -0.2) is 0 Å². The molecular weight excluding hydrogens is 392 g/mol. The van der Waals surface area contributed by atoms with Gasteiger partial charge >= 0.3 is 0 Å². The number of fused-ring (bicyclic) bond motifs is 7.